The van der Waals surface area contributed by atoms with Crippen LogP contribution < -0.4 is 0 Å². The van der Waals surface area contributed by atoms with Crippen molar-refractivity contribution in [2.75, 3.05) is 6.54 Å². The first kappa shape index (κ1) is 14.6. The van der Waals surface area contributed by atoms with Crippen LogP contribution in [0, 0.1) is 23.7 Å². The standard InChI is InChI=1S/C18H25NO2/c1-2-3-4-5-6-15-13-7-8-14(11-13)16(15)12-19-17(20)9-10-18(19)21/h7-10,13-16H,2-6,11-12H2,1H3. The van der Waals surface area contributed by atoms with Gasteiger partial charge in [-0.25, -0.2) is 0 Å². The number of hydrogen-bond acceptors (Lipinski definition) is 2. The van der Waals surface area contributed by atoms with E-state index in [1.54, 1.807) is 0 Å². The van der Waals surface area contributed by atoms with Gasteiger partial charge in [-0.15, -0.1) is 0 Å². The van der Waals surface area contributed by atoms with E-state index in [2.05, 4.69) is 19.1 Å². The maximum Gasteiger partial charge on any atom is 0.253 e. The summed E-state index contributed by atoms with van der Waals surface area (Å²) in [5.74, 6) is 2.15. The number of nitrogens with zero attached hydrogens (tertiary/aromatic N) is 1. The molecule has 2 bridgehead atoms. The molecule has 3 nitrogen and oxygen atoms in total. The van der Waals surface area contributed by atoms with Crippen molar-refractivity contribution < 1.29 is 9.59 Å². The fourth-order valence-electron chi connectivity index (χ4n) is 4.35. The van der Waals surface area contributed by atoms with Gasteiger partial charge < -0.3 is 0 Å². The number of hydrogen-bond donors (Lipinski definition) is 0. The molecular formula is C18H25NO2. The Kier molecular flexibility index (Phi) is 4.27. The molecular weight excluding hydrogens is 262 g/mol. The molecule has 1 saturated carbocycles. The zero-order chi connectivity index (χ0) is 14.8. The molecule has 114 valence electrons. The van der Waals surface area contributed by atoms with Crippen molar-refractivity contribution in [1.29, 1.82) is 0 Å². The highest BCUT2D eigenvalue weighted by molar-refractivity contribution is 6.12. The summed E-state index contributed by atoms with van der Waals surface area (Å²) < 4.78 is 0. The van der Waals surface area contributed by atoms with Gasteiger partial charge in [-0.3, -0.25) is 14.5 Å². The summed E-state index contributed by atoms with van der Waals surface area (Å²) in [4.78, 5) is 25.0. The second kappa shape index (κ2) is 6.17. The van der Waals surface area contributed by atoms with Crippen LogP contribution in [0.1, 0.15) is 45.4 Å². The highest BCUT2D eigenvalue weighted by Crippen LogP contribution is 2.50. The lowest BCUT2D eigenvalue weighted by molar-refractivity contribution is -0.137. The molecule has 1 heterocycles. The zero-order valence-corrected chi connectivity index (χ0v) is 12.8. The summed E-state index contributed by atoms with van der Waals surface area (Å²) >= 11 is 0. The minimum absolute atomic E-state index is 0.128. The number of fused-ring (bicyclic) bond motifs is 2. The predicted molar refractivity (Wildman–Crippen MR) is 82.3 cm³/mol. The van der Waals surface area contributed by atoms with Crippen LogP contribution in [0.25, 0.3) is 0 Å². The summed E-state index contributed by atoms with van der Waals surface area (Å²) in [6.07, 6.45) is 15.1. The SMILES string of the molecule is CCCCCCC1C2C=CC(C2)C1CN1C(=O)C=CC1=O. The van der Waals surface area contributed by atoms with E-state index in [1.807, 2.05) is 0 Å². The molecule has 2 amide bonds. The third-order valence-corrected chi connectivity index (χ3v) is 5.48. The van der Waals surface area contributed by atoms with Crippen LogP contribution in [0.5, 0.6) is 0 Å². The monoisotopic (exact) mass is 287 g/mol. The molecule has 1 fully saturated rings. The Hall–Kier alpha value is -1.38. The number of rotatable bonds is 7. The van der Waals surface area contributed by atoms with Gasteiger partial charge in [0.25, 0.3) is 11.8 Å². The fourth-order valence-corrected chi connectivity index (χ4v) is 4.35. The quantitative estimate of drug-likeness (QED) is 0.409. The van der Waals surface area contributed by atoms with Crippen molar-refractivity contribution in [3.05, 3.63) is 24.3 Å². The lowest BCUT2D eigenvalue weighted by Crippen LogP contribution is -2.38. The predicted octanol–water partition coefficient (Wildman–Crippen LogP) is 3.32. The van der Waals surface area contributed by atoms with E-state index in [4.69, 9.17) is 0 Å². The van der Waals surface area contributed by atoms with Gasteiger partial charge in [0, 0.05) is 18.7 Å². The summed E-state index contributed by atoms with van der Waals surface area (Å²) in [7, 11) is 0. The summed E-state index contributed by atoms with van der Waals surface area (Å²) in [5.41, 5.74) is 0. The lowest BCUT2D eigenvalue weighted by atomic mass is 9.79. The Bertz CT molecular complexity index is 462. The van der Waals surface area contributed by atoms with E-state index < -0.39 is 0 Å². The number of allylic oxidation sites excluding steroid dienone is 2. The van der Waals surface area contributed by atoms with Crippen LogP contribution in [0.3, 0.4) is 0 Å². The van der Waals surface area contributed by atoms with E-state index in [0.29, 0.717) is 30.2 Å². The van der Waals surface area contributed by atoms with Gasteiger partial charge in [-0.1, -0.05) is 44.8 Å². The van der Waals surface area contributed by atoms with Crippen molar-refractivity contribution in [3.8, 4) is 0 Å². The third-order valence-electron chi connectivity index (χ3n) is 5.48. The van der Waals surface area contributed by atoms with Gasteiger partial charge in [0.1, 0.15) is 0 Å². The average molecular weight is 287 g/mol. The number of unbranched alkanes of at least 4 members (excludes halogenated alkanes) is 3. The minimum atomic E-state index is -0.128. The smallest absolute Gasteiger partial charge is 0.253 e. The molecule has 3 rings (SSSR count). The first-order valence-electron chi connectivity index (χ1n) is 8.42. The third kappa shape index (κ3) is 2.83. The Morgan fingerprint density at radius 2 is 1.67 bits per heavy atom. The Labute approximate surface area is 127 Å². The topological polar surface area (TPSA) is 37.4 Å². The molecule has 0 aromatic heterocycles. The van der Waals surface area contributed by atoms with E-state index in [-0.39, 0.29) is 11.8 Å². The largest absolute Gasteiger partial charge is 0.275 e. The van der Waals surface area contributed by atoms with Crippen LogP contribution in [0.4, 0.5) is 0 Å². The maximum absolute atomic E-state index is 11.8. The first-order chi connectivity index (χ1) is 10.2. The Balaban J connectivity index is 1.61. The summed E-state index contributed by atoms with van der Waals surface area (Å²) in [6.45, 7) is 2.86. The zero-order valence-electron chi connectivity index (χ0n) is 12.8. The number of carbonyl (C=O) groups is 2. The van der Waals surface area contributed by atoms with Gasteiger partial charge in [0.05, 0.1) is 0 Å². The fraction of sp³-hybridized carbons (Fsp3) is 0.667. The maximum atomic E-state index is 11.8. The number of carbonyl (C=O) groups excluding carboxylic acids is 2. The Morgan fingerprint density at radius 1 is 1.00 bits per heavy atom. The first-order valence-corrected chi connectivity index (χ1v) is 8.42. The van der Waals surface area contributed by atoms with Gasteiger partial charge in [-0.05, 0) is 36.5 Å². The molecule has 2 aliphatic carbocycles. The van der Waals surface area contributed by atoms with Gasteiger partial charge >= 0.3 is 0 Å². The molecule has 0 spiro atoms. The summed E-state index contributed by atoms with van der Waals surface area (Å²) in [5, 5.41) is 0. The lowest BCUT2D eigenvalue weighted by Gasteiger charge is -2.31. The minimum Gasteiger partial charge on any atom is -0.275 e. The molecule has 3 aliphatic rings. The van der Waals surface area contributed by atoms with Crippen molar-refractivity contribution in [2.45, 2.75) is 45.4 Å². The second-order valence-corrected chi connectivity index (χ2v) is 6.75. The van der Waals surface area contributed by atoms with Crippen molar-refractivity contribution in [3.63, 3.8) is 0 Å². The molecule has 0 aromatic rings. The average Bonchev–Trinajstić information content (AvgIpc) is 3.15. The van der Waals surface area contributed by atoms with Crippen LogP contribution in [0.15, 0.2) is 24.3 Å². The molecule has 0 saturated heterocycles. The molecule has 0 N–H and O–H groups in total. The molecule has 4 unspecified atom stereocenters. The molecule has 1 aliphatic heterocycles. The van der Waals surface area contributed by atoms with E-state index in [0.717, 1.165) is 0 Å². The van der Waals surface area contributed by atoms with Crippen LogP contribution >= 0.6 is 0 Å². The van der Waals surface area contributed by atoms with E-state index in [1.165, 1.54) is 55.6 Å². The normalized spacial score (nSPS) is 33.7. The number of amides is 2. The second-order valence-electron chi connectivity index (χ2n) is 6.75. The van der Waals surface area contributed by atoms with E-state index in [9.17, 15) is 9.59 Å². The van der Waals surface area contributed by atoms with Gasteiger partial charge in [-0.2, -0.15) is 0 Å². The number of imide groups is 1. The van der Waals surface area contributed by atoms with E-state index >= 15 is 0 Å². The van der Waals surface area contributed by atoms with Gasteiger partial charge in [0.15, 0.2) is 0 Å². The van der Waals surface area contributed by atoms with Crippen molar-refractivity contribution in [2.24, 2.45) is 23.7 Å². The molecule has 0 aromatic carbocycles. The van der Waals surface area contributed by atoms with Crippen LogP contribution in [-0.4, -0.2) is 23.3 Å². The summed E-state index contributed by atoms with van der Waals surface area (Å²) in [6, 6.07) is 0. The molecule has 3 heteroatoms. The Morgan fingerprint density at radius 3 is 2.33 bits per heavy atom. The highest BCUT2D eigenvalue weighted by atomic mass is 16.2. The van der Waals surface area contributed by atoms with Crippen molar-refractivity contribution in [1.82, 2.24) is 4.90 Å². The van der Waals surface area contributed by atoms with Crippen LogP contribution in [-0.2, 0) is 9.59 Å². The molecule has 4 atom stereocenters. The molecule has 21 heavy (non-hydrogen) atoms. The van der Waals surface area contributed by atoms with Crippen LogP contribution in [0.2, 0.25) is 0 Å². The van der Waals surface area contributed by atoms with Gasteiger partial charge in [0.2, 0.25) is 0 Å². The highest BCUT2D eigenvalue weighted by Gasteiger charge is 2.45. The van der Waals surface area contributed by atoms with Crippen molar-refractivity contribution >= 4 is 11.8 Å². The molecule has 0 radical (unpaired) electrons.